The van der Waals surface area contributed by atoms with E-state index >= 15 is 0 Å². The fraction of sp³-hybridized carbons (Fsp3) is 0.360. The van der Waals surface area contributed by atoms with Crippen LogP contribution < -0.4 is 4.74 Å². The maximum Gasteiger partial charge on any atom is 0.236 e. The SMILES string of the molecule is Cc1ccc(C)c(COc2nn3c(-c4ccccc4)nnc3c3c2C2CCC3CC2)n1. The van der Waals surface area contributed by atoms with Gasteiger partial charge in [0, 0.05) is 22.4 Å². The van der Waals surface area contributed by atoms with Crippen molar-refractivity contribution in [1.82, 2.24) is 24.8 Å². The van der Waals surface area contributed by atoms with Crippen molar-refractivity contribution < 1.29 is 4.74 Å². The number of fused-ring (bicyclic) bond motifs is 3. The Morgan fingerprint density at radius 1 is 0.903 bits per heavy atom. The summed E-state index contributed by atoms with van der Waals surface area (Å²) < 4.78 is 8.29. The molecule has 0 N–H and O–H groups in total. The van der Waals surface area contributed by atoms with Gasteiger partial charge in [0.05, 0.1) is 5.69 Å². The molecular formula is C25H25N5O. The summed E-state index contributed by atoms with van der Waals surface area (Å²) in [6.45, 7) is 4.50. The normalized spacial score (nSPS) is 19.5. The van der Waals surface area contributed by atoms with Crippen LogP contribution in [0.2, 0.25) is 0 Å². The first-order valence-corrected chi connectivity index (χ1v) is 11.1. The fourth-order valence-corrected chi connectivity index (χ4v) is 5.23. The van der Waals surface area contributed by atoms with Crippen molar-refractivity contribution in [2.45, 2.75) is 58.0 Å². The lowest BCUT2D eigenvalue weighted by atomic mass is 9.67. The summed E-state index contributed by atoms with van der Waals surface area (Å²) >= 11 is 0. The van der Waals surface area contributed by atoms with Gasteiger partial charge in [-0.1, -0.05) is 36.4 Å². The minimum absolute atomic E-state index is 0.415. The molecule has 0 atom stereocenters. The molecule has 7 rings (SSSR count). The van der Waals surface area contributed by atoms with Gasteiger partial charge in [-0.3, -0.25) is 4.98 Å². The molecular weight excluding hydrogens is 386 g/mol. The van der Waals surface area contributed by atoms with E-state index in [0.717, 1.165) is 39.9 Å². The molecule has 0 saturated heterocycles. The molecule has 1 fully saturated rings. The highest BCUT2D eigenvalue weighted by atomic mass is 16.5. The summed E-state index contributed by atoms with van der Waals surface area (Å²) in [7, 11) is 0. The smallest absolute Gasteiger partial charge is 0.236 e. The third kappa shape index (κ3) is 3.00. The summed E-state index contributed by atoms with van der Waals surface area (Å²) in [6, 6.07) is 14.3. The van der Waals surface area contributed by atoms with Gasteiger partial charge in [-0.15, -0.1) is 15.3 Å². The molecule has 3 aliphatic carbocycles. The minimum atomic E-state index is 0.415. The second kappa shape index (κ2) is 7.15. The summed E-state index contributed by atoms with van der Waals surface area (Å²) in [5, 5.41) is 14.1. The molecule has 0 amide bonds. The van der Waals surface area contributed by atoms with Crippen LogP contribution in [-0.4, -0.2) is 24.8 Å². The number of benzene rings is 1. The van der Waals surface area contributed by atoms with Crippen LogP contribution in [0.4, 0.5) is 0 Å². The highest BCUT2D eigenvalue weighted by Crippen LogP contribution is 2.53. The fourth-order valence-electron chi connectivity index (χ4n) is 5.23. The van der Waals surface area contributed by atoms with E-state index in [1.54, 1.807) is 0 Å². The van der Waals surface area contributed by atoms with E-state index in [1.165, 1.54) is 36.8 Å². The molecule has 1 aromatic carbocycles. The highest BCUT2D eigenvalue weighted by molar-refractivity contribution is 5.65. The van der Waals surface area contributed by atoms with Gasteiger partial charge in [-0.2, -0.15) is 4.52 Å². The predicted molar refractivity (Wildman–Crippen MR) is 118 cm³/mol. The van der Waals surface area contributed by atoms with E-state index in [4.69, 9.17) is 9.84 Å². The van der Waals surface area contributed by atoms with E-state index in [9.17, 15) is 0 Å². The maximum atomic E-state index is 6.40. The summed E-state index contributed by atoms with van der Waals surface area (Å²) in [5.74, 6) is 2.49. The van der Waals surface area contributed by atoms with Crippen LogP contribution in [0.25, 0.3) is 17.0 Å². The first-order chi connectivity index (χ1) is 15.2. The third-order valence-electron chi connectivity index (χ3n) is 6.86. The van der Waals surface area contributed by atoms with Crippen molar-refractivity contribution in [2.24, 2.45) is 0 Å². The highest BCUT2D eigenvalue weighted by Gasteiger charge is 2.39. The van der Waals surface area contributed by atoms with Crippen molar-refractivity contribution in [2.75, 3.05) is 0 Å². The van der Waals surface area contributed by atoms with Crippen molar-refractivity contribution in [3.8, 4) is 17.3 Å². The Morgan fingerprint density at radius 2 is 1.65 bits per heavy atom. The topological polar surface area (TPSA) is 65.2 Å². The Kier molecular flexibility index (Phi) is 4.26. The lowest BCUT2D eigenvalue weighted by Crippen LogP contribution is -2.25. The van der Waals surface area contributed by atoms with Gasteiger partial charge in [-0.25, -0.2) is 0 Å². The molecule has 0 unspecified atom stereocenters. The third-order valence-corrected chi connectivity index (χ3v) is 6.86. The first kappa shape index (κ1) is 18.5. The van der Waals surface area contributed by atoms with E-state index < -0.39 is 0 Å². The standard InChI is InChI=1S/C25H25N5O/c1-15-8-9-16(2)26-20(15)14-31-25-22-18-12-10-17(11-13-18)21(22)24-28-27-23(30(24)29-25)19-6-4-3-5-7-19/h3-9,17-18H,10-14H2,1-2H3. The van der Waals surface area contributed by atoms with Crippen molar-refractivity contribution in [3.05, 3.63) is 70.5 Å². The van der Waals surface area contributed by atoms with Crippen LogP contribution >= 0.6 is 0 Å². The van der Waals surface area contributed by atoms with E-state index in [2.05, 4.69) is 28.2 Å². The van der Waals surface area contributed by atoms with Crippen molar-refractivity contribution >= 4 is 5.65 Å². The number of ether oxygens (including phenoxy) is 1. The second-order valence-corrected chi connectivity index (χ2v) is 8.81. The number of aromatic nitrogens is 5. The zero-order chi connectivity index (χ0) is 20.9. The summed E-state index contributed by atoms with van der Waals surface area (Å²) in [6.07, 6.45) is 4.83. The monoisotopic (exact) mass is 411 g/mol. The lowest BCUT2D eigenvalue weighted by Gasteiger charge is -2.38. The largest absolute Gasteiger partial charge is 0.470 e. The molecule has 0 radical (unpaired) electrons. The minimum Gasteiger partial charge on any atom is -0.470 e. The zero-order valence-corrected chi connectivity index (χ0v) is 17.9. The van der Waals surface area contributed by atoms with Gasteiger partial charge in [0.25, 0.3) is 0 Å². The maximum absolute atomic E-state index is 6.40. The van der Waals surface area contributed by atoms with Crippen molar-refractivity contribution in [3.63, 3.8) is 0 Å². The van der Waals surface area contributed by atoms with E-state index in [0.29, 0.717) is 18.4 Å². The Hall–Kier alpha value is -3.28. The Balaban J connectivity index is 1.50. The van der Waals surface area contributed by atoms with E-state index in [1.807, 2.05) is 47.8 Å². The van der Waals surface area contributed by atoms with Gasteiger partial charge in [-0.05, 0) is 63.0 Å². The van der Waals surface area contributed by atoms with Gasteiger partial charge < -0.3 is 4.74 Å². The van der Waals surface area contributed by atoms with Crippen LogP contribution in [0.3, 0.4) is 0 Å². The predicted octanol–water partition coefficient (Wildman–Crippen LogP) is 5.14. The quantitative estimate of drug-likeness (QED) is 0.465. The molecule has 6 heteroatoms. The average molecular weight is 412 g/mol. The van der Waals surface area contributed by atoms with Crippen LogP contribution in [0.5, 0.6) is 5.88 Å². The molecule has 4 aromatic rings. The van der Waals surface area contributed by atoms with Gasteiger partial charge in [0.1, 0.15) is 6.61 Å². The lowest BCUT2D eigenvalue weighted by molar-refractivity contribution is 0.264. The first-order valence-electron chi connectivity index (χ1n) is 11.1. The van der Waals surface area contributed by atoms with Crippen LogP contribution in [0.1, 0.15) is 65.6 Å². The Morgan fingerprint density at radius 3 is 2.42 bits per heavy atom. The molecule has 2 bridgehead atoms. The Labute approximate surface area is 181 Å². The van der Waals surface area contributed by atoms with Crippen LogP contribution in [-0.2, 0) is 6.61 Å². The van der Waals surface area contributed by atoms with E-state index in [-0.39, 0.29) is 0 Å². The second-order valence-electron chi connectivity index (χ2n) is 8.81. The molecule has 31 heavy (non-hydrogen) atoms. The molecule has 3 heterocycles. The molecule has 0 aliphatic heterocycles. The summed E-state index contributed by atoms with van der Waals surface area (Å²) in [4.78, 5) is 4.68. The number of aryl methyl sites for hydroxylation is 2. The molecule has 3 aromatic heterocycles. The van der Waals surface area contributed by atoms with Crippen molar-refractivity contribution in [1.29, 1.82) is 0 Å². The summed E-state index contributed by atoms with van der Waals surface area (Å²) in [5.41, 5.74) is 7.55. The average Bonchev–Trinajstić information content (AvgIpc) is 3.25. The van der Waals surface area contributed by atoms with Gasteiger partial charge in [0.2, 0.25) is 5.88 Å². The molecule has 3 aliphatic rings. The molecule has 1 saturated carbocycles. The molecule has 0 spiro atoms. The Bertz CT molecular complexity index is 1270. The number of hydrogen-bond acceptors (Lipinski definition) is 5. The molecule has 6 nitrogen and oxygen atoms in total. The van der Waals surface area contributed by atoms with Crippen LogP contribution in [0.15, 0.2) is 42.5 Å². The van der Waals surface area contributed by atoms with Crippen LogP contribution in [0, 0.1) is 13.8 Å². The van der Waals surface area contributed by atoms with Gasteiger partial charge >= 0.3 is 0 Å². The zero-order valence-electron chi connectivity index (χ0n) is 17.9. The molecule has 156 valence electrons. The van der Waals surface area contributed by atoms with Gasteiger partial charge in [0.15, 0.2) is 11.5 Å². The number of pyridine rings is 1. The number of nitrogens with zero attached hydrogens (tertiary/aromatic N) is 5. The number of rotatable bonds is 4. The number of hydrogen-bond donors (Lipinski definition) is 0.